The van der Waals surface area contributed by atoms with E-state index in [0.717, 1.165) is 12.1 Å². The Kier molecular flexibility index (Phi) is 3.59. The summed E-state index contributed by atoms with van der Waals surface area (Å²) in [7, 11) is 1.35. The second-order valence-corrected chi connectivity index (χ2v) is 2.64. The van der Waals surface area contributed by atoms with Gasteiger partial charge in [0.2, 0.25) is 0 Å². The fraction of sp³-hybridized carbons (Fsp3) is 0.200. The summed E-state index contributed by atoms with van der Waals surface area (Å²) in [5.74, 6) is -1.16. The van der Waals surface area contributed by atoms with E-state index in [9.17, 15) is 8.78 Å². The molecule has 0 aliphatic carbocycles. The third-order valence-electron chi connectivity index (χ3n) is 1.71. The standard InChI is InChI=1S/C10H11F2NO/c1-14-7-5-9(11)8(3-2-4-13)10(12)6-7/h2-3,5-6H,4,13H2,1H3. The average Bonchev–Trinajstić information content (AvgIpc) is 2.16. The lowest BCUT2D eigenvalue weighted by Crippen LogP contribution is -1.95. The Morgan fingerprint density at radius 2 is 1.93 bits per heavy atom. The van der Waals surface area contributed by atoms with E-state index in [1.165, 1.54) is 19.3 Å². The lowest BCUT2D eigenvalue weighted by molar-refractivity contribution is 0.406. The van der Waals surface area contributed by atoms with Crippen LogP contribution in [0.3, 0.4) is 0 Å². The van der Waals surface area contributed by atoms with Crippen LogP contribution in [0.25, 0.3) is 6.08 Å². The minimum absolute atomic E-state index is 0.101. The van der Waals surface area contributed by atoms with Crippen LogP contribution in [-0.2, 0) is 0 Å². The summed E-state index contributed by atoms with van der Waals surface area (Å²) in [6.45, 7) is 0.241. The van der Waals surface area contributed by atoms with Gasteiger partial charge in [-0.25, -0.2) is 8.78 Å². The second-order valence-electron chi connectivity index (χ2n) is 2.64. The van der Waals surface area contributed by atoms with Gasteiger partial charge in [-0.1, -0.05) is 12.2 Å². The number of ether oxygens (including phenoxy) is 1. The van der Waals surface area contributed by atoms with Gasteiger partial charge in [-0.05, 0) is 0 Å². The van der Waals surface area contributed by atoms with Crippen LogP contribution in [-0.4, -0.2) is 13.7 Å². The van der Waals surface area contributed by atoms with Crippen LogP contribution >= 0.6 is 0 Å². The molecule has 0 atom stereocenters. The van der Waals surface area contributed by atoms with Gasteiger partial charge in [-0.3, -0.25) is 0 Å². The van der Waals surface area contributed by atoms with Gasteiger partial charge in [0.15, 0.2) is 0 Å². The molecular weight excluding hydrogens is 188 g/mol. The molecule has 0 radical (unpaired) electrons. The van der Waals surface area contributed by atoms with Crippen LogP contribution in [0.1, 0.15) is 5.56 Å². The zero-order valence-electron chi connectivity index (χ0n) is 7.76. The van der Waals surface area contributed by atoms with Crippen molar-refractivity contribution in [3.63, 3.8) is 0 Å². The molecule has 14 heavy (non-hydrogen) atoms. The summed E-state index contributed by atoms with van der Waals surface area (Å²) in [5.41, 5.74) is 5.08. The summed E-state index contributed by atoms with van der Waals surface area (Å²) >= 11 is 0. The highest BCUT2D eigenvalue weighted by atomic mass is 19.1. The van der Waals surface area contributed by atoms with Crippen molar-refractivity contribution >= 4 is 6.08 Å². The fourth-order valence-electron chi connectivity index (χ4n) is 1.02. The van der Waals surface area contributed by atoms with Gasteiger partial charge < -0.3 is 10.5 Å². The van der Waals surface area contributed by atoms with Crippen molar-refractivity contribution in [2.24, 2.45) is 5.73 Å². The molecule has 0 aromatic heterocycles. The van der Waals surface area contributed by atoms with E-state index in [4.69, 9.17) is 10.5 Å². The molecule has 76 valence electrons. The van der Waals surface area contributed by atoms with E-state index < -0.39 is 11.6 Å². The summed E-state index contributed by atoms with van der Waals surface area (Å²) in [6.07, 6.45) is 2.79. The molecule has 0 spiro atoms. The third kappa shape index (κ3) is 2.29. The molecule has 0 saturated carbocycles. The maximum Gasteiger partial charge on any atom is 0.137 e. The SMILES string of the molecule is COc1cc(F)c(C=CCN)c(F)c1. The van der Waals surface area contributed by atoms with Gasteiger partial charge in [0.05, 0.1) is 7.11 Å². The minimum Gasteiger partial charge on any atom is -0.497 e. The van der Waals surface area contributed by atoms with Gasteiger partial charge in [0.25, 0.3) is 0 Å². The zero-order chi connectivity index (χ0) is 10.6. The van der Waals surface area contributed by atoms with E-state index in [-0.39, 0.29) is 17.9 Å². The van der Waals surface area contributed by atoms with Crippen molar-refractivity contribution in [1.82, 2.24) is 0 Å². The lowest BCUT2D eigenvalue weighted by Gasteiger charge is -2.03. The Morgan fingerprint density at radius 3 is 2.36 bits per heavy atom. The highest BCUT2D eigenvalue weighted by Gasteiger charge is 2.08. The molecule has 0 amide bonds. The van der Waals surface area contributed by atoms with E-state index in [1.54, 1.807) is 0 Å². The molecule has 0 heterocycles. The first-order chi connectivity index (χ1) is 6.69. The molecule has 2 N–H and O–H groups in total. The van der Waals surface area contributed by atoms with Crippen LogP contribution < -0.4 is 10.5 Å². The zero-order valence-corrected chi connectivity index (χ0v) is 7.76. The molecule has 1 aromatic carbocycles. The third-order valence-corrected chi connectivity index (χ3v) is 1.71. The van der Waals surface area contributed by atoms with Crippen molar-refractivity contribution < 1.29 is 13.5 Å². The van der Waals surface area contributed by atoms with E-state index >= 15 is 0 Å². The van der Waals surface area contributed by atoms with E-state index in [0.29, 0.717) is 0 Å². The Labute approximate surface area is 81.0 Å². The fourth-order valence-corrected chi connectivity index (χ4v) is 1.02. The Hall–Kier alpha value is -1.42. The number of methoxy groups -OCH3 is 1. The first-order valence-corrected chi connectivity index (χ1v) is 4.08. The number of benzene rings is 1. The molecular formula is C10H11F2NO. The summed E-state index contributed by atoms with van der Waals surface area (Å²) in [5, 5.41) is 0. The van der Waals surface area contributed by atoms with Crippen LogP contribution in [0.2, 0.25) is 0 Å². The second kappa shape index (κ2) is 4.72. The predicted molar refractivity (Wildman–Crippen MR) is 51.0 cm³/mol. The molecule has 1 aromatic rings. The van der Waals surface area contributed by atoms with Crippen LogP contribution in [0, 0.1) is 11.6 Å². The smallest absolute Gasteiger partial charge is 0.137 e. The highest BCUT2D eigenvalue weighted by Crippen LogP contribution is 2.21. The van der Waals surface area contributed by atoms with Gasteiger partial charge in [0.1, 0.15) is 17.4 Å². The van der Waals surface area contributed by atoms with Crippen LogP contribution in [0.5, 0.6) is 5.75 Å². The average molecular weight is 199 g/mol. The van der Waals surface area contributed by atoms with Crippen molar-refractivity contribution in [2.75, 3.05) is 13.7 Å². The van der Waals surface area contributed by atoms with Gasteiger partial charge >= 0.3 is 0 Å². The normalized spacial score (nSPS) is 10.9. The largest absolute Gasteiger partial charge is 0.497 e. The number of hydrogen-bond acceptors (Lipinski definition) is 2. The van der Waals surface area contributed by atoms with Crippen molar-refractivity contribution in [3.05, 3.63) is 35.4 Å². The van der Waals surface area contributed by atoms with Crippen LogP contribution in [0.15, 0.2) is 18.2 Å². The van der Waals surface area contributed by atoms with Crippen molar-refractivity contribution in [3.8, 4) is 5.75 Å². The number of rotatable bonds is 3. The molecule has 2 nitrogen and oxygen atoms in total. The quantitative estimate of drug-likeness (QED) is 0.807. The molecule has 0 aliphatic heterocycles. The van der Waals surface area contributed by atoms with E-state index in [1.807, 2.05) is 0 Å². The number of nitrogens with two attached hydrogens (primary N) is 1. The molecule has 0 unspecified atom stereocenters. The maximum atomic E-state index is 13.2. The Bertz CT molecular complexity index is 327. The summed E-state index contributed by atoms with van der Waals surface area (Å²) in [6, 6.07) is 2.25. The monoisotopic (exact) mass is 199 g/mol. The maximum absolute atomic E-state index is 13.2. The first-order valence-electron chi connectivity index (χ1n) is 4.08. The molecule has 0 aliphatic rings. The summed E-state index contributed by atoms with van der Waals surface area (Å²) in [4.78, 5) is 0. The molecule has 0 bridgehead atoms. The molecule has 1 rings (SSSR count). The van der Waals surface area contributed by atoms with Crippen LogP contribution in [0.4, 0.5) is 8.78 Å². The first kappa shape index (κ1) is 10.7. The van der Waals surface area contributed by atoms with Gasteiger partial charge in [-0.15, -0.1) is 0 Å². The minimum atomic E-state index is -0.661. The van der Waals surface area contributed by atoms with Crippen molar-refractivity contribution in [1.29, 1.82) is 0 Å². The highest BCUT2D eigenvalue weighted by molar-refractivity contribution is 5.52. The molecule has 0 fully saturated rings. The van der Waals surface area contributed by atoms with Crippen molar-refractivity contribution in [2.45, 2.75) is 0 Å². The number of halogens is 2. The van der Waals surface area contributed by atoms with E-state index in [2.05, 4.69) is 0 Å². The summed E-state index contributed by atoms with van der Waals surface area (Å²) < 4.78 is 31.1. The Balaban J connectivity index is 3.11. The predicted octanol–water partition coefficient (Wildman–Crippen LogP) is 1.95. The Morgan fingerprint density at radius 1 is 1.36 bits per heavy atom. The van der Waals surface area contributed by atoms with Gasteiger partial charge in [-0.2, -0.15) is 0 Å². The molecule has 0 saturated heterocycles. The molecule has 4 heteroatoms. The number of hydrogen-bond donors (Lipinski definition) is 1. The van der Waals surface area contributed by atoms with Gasteiger partial charge in [0, 0.05) is 24.2 Å². The lowest BCUT2D eigenvalue weighted by atomic mass is 10.1. The topological polar surface area (TPSA) is 35.2 Å².